The van der Waals surface area contributed by atoms with Crippen LogP contribution in [0.4, 0.5) is 0 Å². The SMILES string of the molecule is CC(=O)O[C@H]1CC[C@H]2[C@@H]3[C@@H](CCCCCCCCCOS(C)(=O)=O)Cc4cc(O)ccc4[C@H]3CC[C@]12C. The van der Waals surface area contributed by atoms with E-state index in [1.54, 1.807) is 0 Å². The summed E-state index contributed by atoms with van der Waals surface area (Å²) in [5.41, 5.74) is 2.85. The van der Waals surface area contributed by atoms with Crippen LogP contribution in [-0.4, -0.2) is 38.5 Å². The number of carbonyl (C=O) groups is 1. The zero-order chi connectivity index (χ0) is 26.6. The molecule has 3 aliphatic carbocycles. The first-order chi connectivity index (χ1) is 17.6. The molecule has 0 unspecified atom stereocenters. The Morgan fingerprint density at radius 1 is 1.05 bits per heavy atom. The van der Waals surface area contributed by atoms with Gasteiger partial charge in [0.05, 0.1) is 12.9 Å². The van der Waals surface area contributed by atoms with Crippen molar-refractivity contribution in [3.8, 4) is 5.75 Å². The van der Waals surface area contributed by atoms with Crippen LogP contribution in [0.25, 0.3) is 0 Å². The Hall–Kier alpha value is -1.60. The van der Waals surface area contributed by atoms with Crippen molar-refractivity contribution in [2.75, 3.05) is 12.9 Å². The molecular weight excluding hydrogens is 488 g/mol. The molecule has 0 saturated heterocycles. The molecule has 0 bridgehead atoms. The molecule has 0 radical (unpaired) electrons. The largest absolute Gasteiger partial charge is 0.508 e. The van der Waals surface area contributed by atoms with Gasteiger partial charge in [-0.25, -0.2) is 0 Å². The van der Waals surface area contributed by atoms with E-state index in [0.717, 1.165) is 57.6 Å². The maximum atomic E-state index is 11.8. The first-order valence-electron chi connectivity index (χ1n) is 14.4. The number of carbonyl (C=O) groups excluding carboxylic acids is 1. The van der Waals surface area contributed by atoms with Crippen LogP contribution in [0.2, 0.25) is 0 Å². The highest BCUT2D eigenvalue weighted by molar-refractivity contribution is 7.85. The molecule has 6 nitrogen and oxygen atoms in total. The second kappa shape index (κ2) is 12.1. The van der Waals surface area contributed by atoms with Crippen LogP contribution in [0.3, 0.4) is 0 Å². The van der Waals surface area contributed by atoms with Gasteiger partial charge in [-0.2, -0.15) is 8.42 Å². The lowest BCUT2D eigenvalue weighted by Crippen LogP contribution is -2.48. The summed E-state index contributed by atoms with van der Waals surface area (Å²) >= 11 is 0. The smallest absolute Gasteiger partial charge is 0.302 e. The summed E-state index contributed by atoms with van der Waals surface area (Å²) in [6.45, 7) is 4.20. The van der Waals surface area contributed by atoms with Crippen molar-refractivity contribution in [1.82, 2.24) is 0 Å². The summed E-state index contributed by atoms with van der Waals surface area (Å²) in [6, 6.07) is 6.02. The molecule has 1 N–H and O–H groups in total. The number of phenolic OH excluding ortho intramolecular Hbond substituents is 1. The van der Waals surface area contributed by atoms with Crippen molar-refractivity contribution in [3.63, 3.8) is 0 Å². The molecule has 7 heteroatoms. The van der Waals surface area contributed by atoms with Crippen molar-refractivity contribution < 1.29 is 27.2 Å². The highest BCUT2D eigenvalue weighted by Gasteiger charge is 2.57. The summed E-state index contributed by atoms with van der Waals surface area (Å²) < 4.78 is 32.7. The van der Waals surface area contributed by atoms with Gasteiger partial charge in [0, 0.05) is 12.3 Å². The average molecular weight is 535 g/mol. The van der Waals surface area contributed by atoms with E-state index >= 15 is 0 Å². The molecule has 2 saturated carbocycles. The number of benzene rings is 1. The summed E-state index contributed by atoms with van der Waals surface area (Å²) in [5.74, 6) is 2.56. The van der Waals surface area contributed by atoms with E-state index in [4.69, 9.17) is 8.92 Å². The zero-order valence-electron chi connectivity index (χ0n) is 22.9. The van der Waals surface area contributed by atoms with Gasteiger partial charge in [-0.3, -0.25) is 8.98 Å². The Balaban J connectivity index is 1.33. The Morgan fingerprint density at radius 3 is 2.46 bits per heavy atom. The summed E-state index contributed by atoms with van der Waals surface area (Å²) in [4.78, 5) is 11.8. The van der Waals surface area contributed by atoms with Gasteiger partial charge in [-0.1, -0.05) is 51.5 Å². The van der Waals surface area contributed by atoms with E-state index in [1.165, 1.54) is 50.2 Å². The molecule has 37 heavy (non-hydrogen) atoms. The highest BCUT2D eigenvalue weighted by atomic mass is 32.2. The first-order valence-corrected chi connectivity index (χ1v) is 16.2. The summed E-state index contributed by atoms with van der Waals surface area (Å²) in [6.07, 6.45) is 15.5. The van der Waals surface area contributed by atoms with Crippen LogP contribution in [-0.2, 0) is 30.3 Å². The highest BCUT2D eigenvalue weighted by Crippen LogP contribution is 2.63. The Labute approximate surface area is 223 Å². The standard InChI is InChI=1S/C30H46O6S/c1-21(31)36-28-15-14-27-29-22(11-9-7-5-4-6-8-10-18-35-37(3,33)34)19-23-20-24(32)12-13-25(23)26(29)16-17-30(27,28)2/h12-13,20,22,26-29,32H,4-11,14-19H2,1-3H3/t22-,26+,27-,28-,29+,30-/m0/s1. The second-order valence-corrected chi connectivity index (χ2v) is 13.8. The number of hydrogen-bond donors (Lipinski definition) is 1. The van der Waals surface area contributed by atoms with E-state index in [-0.39, 0.29) is 17.5 Å². The predicted octanol–water partition coefficient (Wildman–Crippen LogP) is 6.50. The fraction of sp³-hybridized carbons (Fsp3) is 0.767. The van der Waals surface area contributed by atoms with E-state index < -0.39 is 10.1 Å². The van der Waals surface area contributed by atoms with Crippen LogP contribution in [0, 0.1) is 23.2 Å². The minimum atomic E-state index is -3.32. The molecule has 0 aromatic heterocycles. The van der Waals surface area contributed by atoms with E-state index in [1.807, 2.05) is 12.1 Å². The Bertz CT molecular complexity index is 1040. The van der Waals surface area contributed by atoms with Crippen molar-refractivity contribution in [2.45, 2.75) is 109 Å². The summed E-state index contributed by atoms with van der Waals surface area (Å²) in [7, 11) is -3.32. The van der Waals surface area contributed by atoms with Gasteiger partial charge < -0.3 is 9.84 Å². The number of phenols is 1. The molecule has 1 aromatic carbocycles. The third-order valence-electron chi connectivity index (χ3n) is 9.62. The number of hydrogen-bond acceptors (Lipinski definition) is 6. The van der Waals surface area contributed by atoms with Crippen LogP contribution in [0.15, 0.2) is 18.2 Å². The monoisotopic (exact) mass is 534 g/mol. The normalized spacial score (nSPS) is 30.8. The van der Waals surface area contributed by atoms with Gasteiger partial charge in [0.2, 0.25) is 0 Å². The number of unbranched alkanes of at least 4 members (excludes halogenated alkanes) is 6. The van der Waals surface area contributed by atoms with Crippen molar-refractivity contribution in [2.24, 2.45) is 23.2 Å². The van der Waals surface area contributed by atoms with Gasteiger partial charge in [0.25, 0.3) is 10.1 Å². The number of fused-ring (bicyclic) bond motifs is 5. The topological polar surface area (TPSA) is 89.9 Å². The number of esters is 1. The third-order valence-corrected chi connectivity index (χ3v) is 10.2. The minimum Gasteiger partial charge on any atom is -0.508 e. The quantitative estimate of drug-likeness (QED) is 0.187. The van der Waals surface area contributed by atoms with Crippen molar-refractivity contribution in [3.05, 3.63) is 29.3 Å². The molecular formula is C30H46O6S. The zero-order valence-corrected chi connectivity index (χ0v) is 23.7. The fourth-order valence-electron chi connectivity index (χ4n) is 8.01. The van der Waals surface area contributed by atoms with Gasteiger partial charge in [0.15, 0.2) is 0 Å². The summed E-state index contributed by atoms with van der Waals surface area (Å²) in [5, 5.41) is 10.2. The van der Waals surface area contributed by atoms with Gasteiger partial charge >= 0.3 is 5.97 Å². The third kappa shape index (κ3) is 6.89. The molecule has 0 heterocycles. The Morgan fingerprint density at radius 2 is 1.76 bits per heavy atom. The molecule has 0 aliphatic heterocycles. The molecule has 4 rings (SSSR count). The molecule has 3 aliphatic rings. The maximum Gasteiger partial charge on any atom is 0.302 e. The van der Waals surface area contributed by atoms with Crippen LogP contribution >= 0.6 is 0 Å². The predicted molar refractivity (Wildman–Crippen MR) is 145 cm³/mol. The lowest BCUT2D eigenvalue weighted by Gasteiger charge is -2.53. The molecule has 6 atom stereocenters. The molecule has 0 amide bonds. The van der Waals surface area contributed by atoms with Gasteiger partial charge in [0.1, 0.15) is 11.9 Å². The van der Waals surface area contributed by atoms with Crippen molar-refractivity contribution >= 4 is 16.1 Å². The molecule has 2 fully saturated rings. The lowest BCUT2D eigenvalue weighted by atomic mass is 9.52. The van der Waals surface area contributed by atoms with Gasteiger partial charge in [-0.15, -0.1) is 0 Å². The minimum absolute atomic E-state index is 0.0423. The van der Waals surface area contributed by atoms with E-state index in [0.29, 0.717) is 36.0 Å². The first kappa shape index (κ1) is 28.4. The lowest BCUT2D eigenvalue weighted by molar-refractivity contribution is -0.155. The number of ether oxygens (including phenoxy) is 1. The fourth-order valence-corrected chi connectivity index (χ4v) is 8.43. The Kier molecular flexibility index (Phi) is 9.26. The van der Waals surface area contributed by atoms with Crippen molar-refractivity contribution in [1.29, 1.82) is 0 Å². The molecule has 0 spiro atoms. The number of aromatic hydroxyl groups is 1. The maximum absolute atomic E-state index is 11.8. The van der Waals surface area contributed by atoms with Crippen LogP contribution < -0.4 is 0 Å². The second-order valence-electron chi connectivity index (χ2n) is 12.1. The van der Waals surface area contributed by atoms with Crippen LogP contribution in [0.5, 0.6) is 5.75 Å². The molecule has 1 aromatic rings. The van der Waals surface area contributed by atoms with E-state index in [2.05, 4.69) is 13.0 Å². The number of rotatable bonds is 12. The van der Waals surface area contributed by atoms with E-state index in [9.17, 15) is 18.3 Å². The average Bonchev–Trinajstić information content (AvgIpc) is 3.14. The van der Waals surface area contributed by atoms with Gasteiger partial charge in [-0.05, 0) is 91.9 Å². The van der Waals surface area contributed by atoms with Crippen LogP contribution in [0.1, 0.15) is 108 Å². The molecule has 208 valence electrons.